The minimum absolute atomic E-state index is 0.144. The van der Waals surface area contributed by atoms with E-state index < -0.39 is 0 Å². The molecule has 1 atom stereocenters. The van der Waals surface area contributed by atoms with Crippen LogP contribution in [0.25, 0.3) is 0 Å². The molecule has 1 spiro atoms. The van der Waals surface area contributed by atoms with E-state index in [1.54, 1.807) is 0 Å². The lowest BCUT2D eigenvalue weighted by Gasteiger charge is -2.50. The fourth-order valence-electron chi connectivity index (χ4n) is 5.16. The van der Waals surface area contributed by atoms with Crippen molar-refractivity contribution in [2.24, 2.45) is 11.8 Å². The van der Waals surface area contributed by atoms with E-state index in [9.17, 15) is 0 Å². The Kier molecular flexibility index (Phi) is 3.12. The molecule has 0 aromatic heterocycles. The molecule has 4 fully saturated rings. The van der Waals surface area contributed by atoms with Crippen molar-refractivity contribution in [1.82, 2.24) is 10.6 Å². The Morgan fingerprint density at radius 3 is 2.87 bits per heavy atom. The summed E-state index contributed by atoms with van der Waals surface area (Å²) in [6, 6.07) is 6.69. The van der Waals surface area contributed by atoms with Gasteiger partial charge in [-0.05, 0) is 74.6 Å². The van der Waals surface area contributed by atoms with Gasteiger partial charge in [-0.3, -0.25) is 4.84 Å². The largest absolute Gasteiger partial charge is 0.385 e. The number of nitrogens with zero attached hydrogens (tertiary/aromatic N) is 2. The van der Waals surface area contributed by atoms with E-state index in [1.165, 1.54) is 49.0 Å². The van der Waals surface area contributed by atoms with Gasteiger partial charge in [-0.15, -0.1) is 0 Å². The second-order valence-electron chi connectivity index (χ2n) is 7.67. The molecule has 5 heteroatoms. The summed E-state index contributed by atoms with van der Waals surface area (Å²) in [6.45, 7) is 1.09. The number of anilines is 2. The first-order valence-corrected chi connectivity index (χ1v) is 9.10. The maximum absolute atomic E-state index is 6.22. The topological polar surface area (TPSA) is 39.8 Å². The third-order valence-corrected chi connectivity index (χ3v) is 6.49. The number of aryl methyl sites for hydroxylation is 1. The zero-order chi connectivity index (χ0) is 15.4. The molecule has 2 N–H and O–H groups in total. The summed E-state index contributed by atoms with van der Waals surface area (Å²) in [7, 11) is 2.18. The lowest BCUT2D eigenvalue weighted by molar-refractivity contribution is -0.193. The molecular formula is C18H26N4O. The van der Waals surface area contributed by atoms with Gasteiger partial charge in [0.2, 0.25) is 0 Å². The number of rotatable bonds is 1. The van der Waals surface area contributed by atoms with E-state index in [0.29, 0.717) is 5.92 Å². The molecule has 5 nitrogen and oxygen atoms in total. The van der Waals surface area contributed by atoms with Crippen molar-refractivity contribution in [3.05, 3.63) is 23.8 Å². The molecule has 2 bridgehead atoms. The van der Waals surface area contributed by atoms with Crippen molar-refractivity contribution < 1.29 is 4.84 Å². The highest BCUT2D eigenvalue weighted by Crippen LogP contribution is 2.52. The van der Waals surface area contributed by atoms with E-state index in [-0.39, 0.29) is 5.72 Å². The van der Waals surface area contributed by atoms with Gasteiger partial charge in [0.25, 0.3) is 0 Å². The van der Waals surface area contributed by atoms with Gasteiger partial charge in [-0.1, -0.05) is 5.59 Å². The van der Waals surface area contributed by atoms with Gasteiger partial charge in [0.1, 0.15) is 0 Å². The Labute approximate surface area is 137 Å². The Hall–Kier alpha value is -1.30. The molecule has 1 aromatic carbocycles. The zero-order valence-corrected chi connectivity index (χ0v) is 13.8. The fourth-order valence-corrected chi connectivity index (χ4v) is 5.16. The molecule has 6 rings (SSSR count). The predicted molar refractivity (Wildman–Crippen MR) is 90.5 cm³/mol. The van der Waals surface area contributed by atoms with Crippen LogP contribution in [-0.2, 0) is 11.3 Å². The van der Waals surface area contributed by atoms with Gasteiger partial charge in [-0.25, -0.2) is 5.12 Å². The Morgan fingerprint density at radius 2 is 2.09 bits per heavy atom. The average Bonchev–Trinajstić information content (AvgIpc) is 2.92. The second-order valence-corrected chi connectivity index (χ2v) is 7.67. The maximum Gasteiger partial charge on any atom is 0.165 e. The Bertz CT molecular complexity index is 613. The number of hydrogen-bond donors (Lipinski definition) is 2. The summed E-state index contributed by atoms with van der Waals surface area (Å²) < 4.78 is 0. The number of benzene rings is 1. The van der Waals surface area contributed by atoms with Gasteiger partial charge in [0, 0.05) is 25.2 Å². The lowest BCUT2D eigenvalue weighted by Crippen LogP contribution is -2.58. The highest BCUT2D eigenvalue weighted by atomic mass is 16.8. The monoisotopic (exact) mass is 314 g/mol. The van der Waals surface area contributed by atoms with Gasteiger partial charge in [0.15, 0.2) is 5.72 Å². The number of nitrogens with one attached hydrogen (secondary N) is 2. The van der Waals surface area contributed by atoms with Gasteiger partial charge >= 0.3 is 0 Å². The van der Waals surface area contributed by atoms with Crippen molar-refractivity contribution in [3.63, 3.8) is 0 Å². The lowest BCUT2D eigenvalue weighted by atomic mass is 9.65. The molecule has 2 heterocycles. The minimum atomic E-state index is -0.144. The summed E-state index contributed by atoms with van der Waals surface area (Å²) in [5.41, 5.74) is 6.94. The van der Waals surface area contributed by atoms with Crippen molar-refractivity contribution in [2.75, 3.05) is 24.0 Å². The fraction of sp³-hybridized carbons (Fsp3) is 0.667. The third kappa shape index (κ3) is 2.03. The SMILES string of the molecule is CN1N(c2ccc3c(c2)CCCN3)NO[C@@]12CC1CCC2CC1. The molecule has 5 aliphatic rings. The normalized spacial score (nSPS) is 36.3. The van der Waals surface area contributed by atoms with Gasteiger partial charge in [0.05, 0.1) is 5.69 Å². The summed E-state index contributed by atoms with van der Waals surface area (Å²) in [5, 5.41) is 7.91. The number of hydrogen-bond acceptors (Lipinski definition) is 5. The zero-order valence-electron chi connectivity index (χ0n) is 13.8. The third-order valence-electron chi connectivity index (χ3n) is 6.49. The molecule has 0 amide bonds. The summed E-state index contributed by atoms with van der Waals surface area (Å²) >= 11 is 0. The summed E-state index contributed by atoms with van der Waals surface area (Å²) in [5.74, 6) is 1.48. The molecule has 3 aliphatic carbocycles. The maximum atomic E-state index is 6.22. The first kappa shape index (κ1) is 14.1. The van der Waals surface area contributed by atoms with Crippen LogP contribution in [0, 0.1) is 11.8 Å². The van der Waals surface area contributed by atoms with E-state index in [0.717, 1.165) is 25.3 Å². The van der Waals surface area contributed by atoms with Crippen molar-refractivity contribution in [3.8, 4) is 0 Å². The van der Waals surface area contributed by atoms with E-state index >= 15 is 0 Å². The van der Waals surface area contributed by atoms with Crippen LogP contribution < -0.4 is 16.0 Å². The van der Waals surface area contributed by atoms with Crippen LogP contribution >= 0.6 is 0 Å². The molecule has 3 saturated carbocycles. The van der Waals surface area contributed by atoms with E-state index in [1.807, 2.05) is 0 Å². The Balaban J connectivity index is 1.44. The summed E-state index contributed by atoms with van der Waals surface area (Å²) in [4.78, 5) is 6.22. The van der Waals surface area contributed by atoms with Crippen LogP contribution in [-0.4, -0.2) is 24.3 Å². The Morgan fingerprint density at radius 1 is 1.22 bits per heavy atom. The van der Waals surface area contributed by atoms with Crippen LogP contribution in [0.4, 0.5) is 11.4 Å². The molecule has 0 unspecified atom stereocenters. The second kappa shape index (κ2) is 5.10. The molecule has 1 aromatic rings. The van der Waals surface area contributed by atoms with Crippen molar-refractivity contribution >= 4 is 11.4 Å². The first-order chi connectivity index (χ1) is 11.3. The standard InChI is InChI=1S/C18H26N4O/c1-21-18(12-13-4-6-15(18)7-5-13)23-20-22(21)16-8-9-17-14(11-16)3-2-10-19-17/h8-9,11,13,15,19-20H,2-7,10,12H2,1H3/t13?,15?,18-/m1/s1. The van der Waals surface area contributed by atoms with E-state index in [4.69, 9.17) is 4.84 Å². The molecule has 23 heavy (non-hydrogen) atoms. The summed E-state index contributed by atoms with van der Waals surface area (Å²) in [6.07, 6.45) is 8.90. The molecule has 2 aliphatic heterocycles. The number of hydrazine groups is 2. The molecular weight excluding hydrogens is 288 g/mol. The quantitative estimate of drug-likeness (QED) is 0.834. The van der Waals surface area contributed by atoms with Crippen LogP contribution in [0.2, 0.25) is 0 Å². The predicted octanol–water partition coefficient (Wildman–Crippen LogP) is 3.05. The molecule has 1 saturated heterocycles. The van der Waals surface area contributed by atoms with Crippen molar-refractivity contribution in [2.45, 2.75) is 50.7 Å². The van der Waals surface area contributed by atoms with Crippen molar-refractivity contribution in [1.29, 1.82) is 0 Å². The van der Waals surface area contributed by atoms with Gasteiger partial charge in [-0.2, -0.15) is 5.01 Å². The van der Waals surface area contributed by atoms with Crippen LogP contribution in [0.15, 0.2) is 18.2 Å². The average molecular weight is 314 g/mol. The highest BCUT2D eigenvalue weighted by molar-refractivity contribution is 5.61. The molecule has 0 radical (unpaired) electrons. The highest BCUT2D eigenvalue weighted by Gasteiger charge is 2.56. The minimum Gasteiger partial charge on any atom is -0.385 e. The smallest absolute Gasteiger partial charge is 0.165 e. The van der Waals surface area contributed by atoms with Gasteiger partial charge < -0.3 is 5.32 Å². The first-order valence-electron chi connectivity index (χ1n) is 9.10. The van der Waals surface area contributed by atoms with E-state index in [2.05, 4.69) is 46.3 Å². The van der Waals surface area contributed by atoms with Crippen LogP contribution in [0.3, 0.4) is 0 Å². The number of fused-ring (bicyclic) bond motifs is 3. The molecule has 124 valence electrons. The van der Waals surface area contributed by atoms with Crippen LogP contribution in [0.5, 0.6) is 0 Å². The van der Waals surface area contributed by atoms with Crippen LogP contribution in [0.1, 0.15) is 44.1 Å².